The highest BCUT2D eigenvalue weighted by atomic mass is 79.9. The second-order valence-corrected chi connectivity index (χ2v) is 13.8. The van der Waals surface area contributed by atoms with Crippen molar-refractivity contribution in [3.05, 3.63) is 97.1 Å². The van der Waals surface area contributed by atoms with E-state index in [2.05, 4.69) is 29.1 Å². The van der Waals surface area contributed by atoms with Gasteiger partial charge in [-0.2, -0.15) is 0 Å². The first-order valence-electron chi connectivity index (χ1n) is 14.4. The number of alkyl halides is 1. The number of nitrogens with zero attached hydrogens (tertiary/aromatic N) is 2. The van der Waals surface area contributed by atoms with E-state index in [1.807, 2.05) is 60.7 Å². The van der Waals surface area contributed by atoms with Gasteiger partial charge in [-0.1, -0.05) is 88.7 Å². The third-order valence-electron chi connectivity index (χ3n) is 8.60. The normalized spacial score (nSPS) is 28.3. The topological polar surface area (TPSA) is 87.2 Å². The number of hydrogen-bond donors (Lipinski definition) is 1. The maximum Gasteiger partial charge on any atom is 0.310 e. The zero-order valence-corrected chi connectivity index (χ0v) is 25.9. The van der Waals surface area contributed by atoms with Gasteiger partial charge in [0.1, 0.15) is 6.04 Å². The number of likely N-dealkylation sites (tertiary alicyclic amines) is 1. The third kappa shape index (κ3) is 5.47. The van der Waals surface area contributed by atoms with Crippen molar-refractivity contribution in [3.63, 3.8) is 0 Å². The van der Waals surface area contributed by atoms with E-state index in [9.17, 15) is 19.5 Å². The second-order valence-electron chi connectivity index (χ2n) is 11.1. The van der Waals surface area contributed by atoms with Gasteiger partial charge in [-0.3, -0.25) is 14.4 Å². The fraction of sp³-hybridized carbons (Fsp3) is 0.424. The number of allylic oxidation sites excluding steroid dienone is 1. The average molecular weight is 654 g/mol. The molecule has 42 heavy (non-hydrogen) atoms. The summed E-state index contributed by atoms with van der Waals surface area (Å²) in [7, 11) is 0. The highest BCUT2D eigenvalue weighted by Crippen LogP contribution is 2.68. The van der Waals surface area contributed by atoms with Gasteiger partial charge in [-0.05, 0) is 30.4 Å². The van der Waals surface area contributed by atoms with Crippen LogP contribution >= 0.6 is 27.7 Å². The second kappa shape index (κ2) is 13.2. The number of halogens is 1. The van der Waals surface area contributed by atoms with E-state index in [0.29, 0.717) is 25.9 Å². The molecule has 2 amide bonds. The molecular formula is C33H37BrN2O5S. The summed E-state index contributed by atoms with van der Waals surface area (Å²) in [5.41, 5.74) is 1.70. The molecule has 2 aromatic carbocycles. The average Bonchev–Trinajstić information content (AvgIpc) is 3.60. The molecule has 0 aromatic heterocycles. The smallest absolute Gasteiger partial charge is 0.310 e. The predicted molar refractivity (Wildman–Crippen MR) is 168 cm³/mol. The summed E-state index contributed by atoms with van der Waals surface area (Å²) in [4.78, 5) is 46.1. The highest BCUT2D eigenvalue weighted by molar-refractivity contribution is 9.09. The lowest BCUT2D eigenvalue weighted by atomic mass is 9.71. The first-order valence-corrected chi connectivity index (χ1v) is 16.2. The Kier molecular flexibility index (Phi) is 9.60. The number of benzene rings is 2. The predicted octanol–water partition coefficient (Wildman–Crippen LogP) is 4.91. The van der Waals surface area contributed by atoms with Gasteiger partial charge in [0.05, 0.1) is 35.8 Å². The lowest BCUT2D eigenvalue weighted by molar-refractivity contribution is -0.154. The molecule has 0 aliphatic carbocycles. The van der Waals surface area contributed by atoms with E-state index in [1.165, 1.54) is 0 Å². The molecule has 0 radical (unpaired) electrons. The van der Waals surface area contributed by atoms with Crippen LogP contribution in [0.15, 0.2) is 86.0 Å². The number of esters is 1. The van der Waals surface area contributed by atoms with Crippen molar-refractivity contribution in [2.45, 2.75) is 52.7 Å². The number of thioether (sulfide) groups is 1. The molecule has 7 atom stereocenters. The molecule has 5 rings (SSSR count). The number of fused-ring (bicyclic) bond motifs is 1. The largest absolute Gasteiger partial charge is 0.465 e. The Labute approximate surface area is 260 Å². The molecule has 1 N–H and O–H groups in total. The van der Waals surface area contributed by atoms with Crippen molar-refractivity contribution < 1.29 is 24.2 Å². The Hall–Kier alpha value is -2.88. The lowest BCUT2D eigenvalue weighted by Gasteiger charge is -2.40. The number of aliphatic hydroxyl groups excluding tert-OH is 1. The maximum atomic E-state index is 14.7. The summed E-state index contributed by atoms with van der Waals surface area (Å²) in [5.74, 6) is -2.32. The van der Waals surface area contributed by atoms with Crippen molar-refractivity contribution in [1.29, 1.82) is 0 Å². The maximum absolute atomic E-state index is 14.7. The van der Waals surface area contributed by atoms with Crippen LogP contribution in [0.1, 0.15) is 36.4 Å². The van der Waals surface area contributed by atoms with E-state index in [4.69, 9.17) is 4.74 Å². The van der Waals surface area contributed by atoms with Crippen LogP contribution < -0.4 is 0 Å². The summed E-state index contributed by atoms with van der Waals surface area (Å²) in [6.45, 7) is 8.15. The molecule has 3 heterocycles. The van der Waals surface area contributed by atoms with Gasteiger partial charge in [0.2, 0.25) is 11.8 Å². The fourth-order valence-electron chi connectivity index (χ4n) is 6.84. The first-order chi connectivity index (χ1) is 20.4. The van der Waals surface area contributed by atoms with E-state index >= 15 is 0 Å². The van der Waals surface area contributed by atoms with E-state index in [1.54, 1.807) is 33.7 Å². The highest BCUT2D eigenvalue weighted by Gasteiger charge is 2.76. The lowest BCUT2D eigenvalue weighted by Crippen LogP contribution is -2.56. The molecule has 222 valence electrons. The number of amides is 2. The van der Waals surface area contributed by atoms with Crippen LogP contribution in [-0.4, -0.2) is 73.3 Å². The zero-order valence-electron chi connectivity index (χ0n) is 23.5. The molecule has 7 nitrogen and oxygen atoms in total. The van der Waals surface area contributed by atoms with Gasteiger partial charge < -0.3 is 19.6 Å². The SMILES string of the molecule is C=CCCCOC(=O)[C@H]1[C@@H]2SC3(CC2Br)C(C(=O)N(CC=C)Cc2ccccc2)N([C@H](CO)c2ccccc2)C(=O)[C@H]13. The molecule has 1 spiro atoms. The van der Waals surface area contributed by atoms with E-state index < -0.39 is 34.6 Å². The van der Waals surface area contributed by atoms with Crippen LogP contribution in [-0.2, 0) is 25.7 Å². The minimum absolute atomic E-state index is 0.0706. The minimum Gasteiger partial charge on any atom is -0.465 e. The van der Waals surface area contributed by atoms with Crippen molar-refractivity contribution >= 4 is 45.5 Å². The molecule has 0 saturated carbocycles. The van der Waals surface area contributed by atoms with E-state index in [-0.39, 0.29) is 35.1 Å². The summed E-state index contributed by atoms with van der Waals surface area (Å²) in [6, 6.07) is 17.4. The van der Waals surface area contributed by atoms with Gasteiger partial charge in [-0.15, -0.1) is 24.9 Å². The Balaban J connectivity index is 1.57. The van der Waals surface area contributed by atoms with Crippen molar-refractivity contribution in [2.75, 3.05) is 19.8 Å². The molecule has 3 aliphatic heterocycles. The monoisotopic (exact) mass is 652 g/mol. The standard InChI is InChI=1S/C33H37BrN2O5S/c1-3-5-12-18-41-32(40)26-27-30(38)36(25(21-37)23-15-10-7-11-16-23)29(33(27)19-24(34)28(26)42-33)31(39)35(17-4-2)20-22-13-8-6-9-14-22/h3-4,6-11,13-16,24-29,37H,1-2,5,12,17-21H2/t24?,25-,26-,27+,28-,29?,33?/m1/s1. The van der Waals surface area contributed by atoms with Crippen LogP contribution in [0.3, 0.4) is 0 Å². The summed E-state index contributed by atoms with van der Waals surface area (Å²) in [5, 5.41) is 10.5. The Morgan fingerprint density at radius 1 is 1.14 bits per heavy atom. The number of carbonyl (C=O) groups is 3. The molecule has 3 aliphatic rings. The van der Waals surface area contributed by atoms with E-state index in [0.717, 1.165) is 17.5 Å². The molecule has 3 saturated heterocycles. The minimum atomic E-state index is -0.885. The van der Waals surface area contributed by atoms with Crippen LogP contribution in [0.2, 0.25) is 0 Å². The number of ether oxygens (including phenoxy) is 1. The van der Waals surface area contributed by atoms with Gasteiger partial charge in [0.15, 0.2) is 0 Å². The number of unbranched alkanes of at least 4 members (excludes halogenated alkanes) is 1. The quantitative estimate of drug-likeness (QED) is 0.143. The molecule has 3 unspecified atom stereocenters. The summed E-state index contributed by atoms with van der Waals surface area (Å²) in [6.07, 6.45) is 5.40. The number of carbonyl (C=O) groups excluding carboxylic acids is 3. The van der Waals surface area contributed by atoms with Crippen LogP contribution in [0, 0.1) is 11.8 Å². The van der Waals surface area contributed by atoms with Crippen molar-refractivity contribution in [1.82, 2.24) is 9.80 Å². The molecule has 2 aromatic rings. The fourth-order valence-corrected chi connectivity index (χ4v) is 10.4. The summed E-state index contributed by atoms with van der Waals surface area (Å²) >= 11 is 5.37. The number of hydrogen-bond acceptors (Lipinski definition) is 6. The number of rotatable bonds is 13. The molecule has 3 fully saturated rings. The van der Waals surface area contributed by atoms with Crippen LogP contribution in [0.5, 0.6) is 0 Å². The van der Waals surface area contributed by atoms with Gasteiger partial charge in [-0.25, -0.2) is 0 Å². The van der Waals surface area contributed by atoms with Gasteiger partial charge in [0.25, 0.3) is 0 Å². The first kappa shape index (κ1) is 30.6. The number of aliphatic hydroxyl groups is 1. The van der Waals surface area contributed by atoms with Gasteiger partial charge in [0, 0.05) is 23.2 Å². The Bertz CT molecular complexity index is 1310. The van der Waals surface area contributed by atoms with Crippen LogP contribution in [0.4, 0.5) is 0 Å². The zero-order chi connectivity index (χ0) is 29.9. The Morgan fingerprint density at radius 2 is 1.83 bits per heavy atom. The third-order valence-corrected chi connectivity index (χ3v) is 11.8. The Morgan fingerprint density at radius 3 is 2.48 bits per heavy atom. The van der Waals surface area contributed by atoms with Gasteiger partial charge >= 0.3 is 5.97 Å². The van der Waals surface area contributed by atoms with Crippen molar-refractivity contribution in [2.24, 2.45) is 11.8 Å². The summed E-state index contributed by atoms with van der Waals surface area (Å²) < 4.78 is 4.85. The molecule has 2 bridgehead atoms. The molecule has 9 heteroatoms. The van der Waals surface area contributed by atoms with Crippen LogP contribution in [0.25, 0.3) is 0 Å². The molecular weight excluding hydrogens is 616 g/mol. The van der Waals surface area contributed by atoms with Crippen molar-refractivity contribution in [3.8, 4) is 0 Å².